The number of urea groups is 4. The molecule has 0 radical (unpaired) electrons. The van der Waals surface area contributed by atoms with Crippen molar-refractivity contribution < 1.29 is 59.1 Å². The van der Waals surface area contributed by atoms with Crippen molar-refractivity contribution in [3.8, 4) is 12.0 Å². The first-order valence-corrected chi connectivity index (χ1v) is 13.7. The Morgan fingerprint density at radius 1 is 0.953 bits per heavy atom. The number of carbonyl (C=O) groups excluding carboxylic acids is 6. The van der Waals surface area contributed by atoms with E-state index in [9.17, 15) is 54.0 Å². The third-order valence-electron chi connectivity index (χ3n) is 5.64. The van der Waals surface area contributed by atoms with Gasteiger partial charge in [-0.2, -0.15) is 0 Å². The zero-order valence-corrected chi connectivity index (χ0v) is 24.7. The van der Waals surface area contributed by atoms with Crippen molar-refractivity contribution >= 4 is 64.6 Å². The van der Waals surface area contributed by atoms with Gasteiger partial charge in [0.1, 0.15) is 0 Å². The molecule has 0 bridgehead atoms. The van der Waals surface area contributed by atoms with Gasteiger partial charge < -0.3 is 57.4 Å². The number of rotatable bonds is 11. The molecule has 21 nitrogen and oxygen atoms in total. The molecule has 2 atom stereocenters. The highest BCUT2D eigenvalue weighted by atomic mass is 127. The van der Waals surface area contributed by atoms with Crippen LogP contribution in [0.25, 0.3) is 0 Å². The van der Waals surface area contributed by atoms with Gasteiger partial charge in [-0.3, -0.25) is 20.2 Å². The number of alkyl halides is 1. The maximum absolute atomic E-state index is 12.1. The van der Waals surface area contributed by atoms with Crippen molar-refractivity contribution in [2.45, 2.75) is 36.7 Å². The summed E-state index contributed by atoms with van der Waals surface area (Å²) >= 11 is 2.09. The van der Waals surface area contributed by atoms with Crippen molar-refractivity contribution in [3.05, 3.63) is 0 Å². The van der Waals surface area contributed by atoms with E-state index in [0.29, 0.717) is 11.0 Å². The van der Waals surface area contributed by atoms with Crippen LogP contribution in [0.2, 0.25) is 0 Å². The first-order chi connectivity index (χ1) is 20.2. The number of nitrogens with one attached hydrogen (secondary N) is 8. The average Bonchev–Trinajstić information content (AvgIpc) is 3.41. The Hall–Kier alpha value is -4.18. The van der Waals surface area contributed by atoms with Crippen LogP contribution in [0.4, 0.5) is 24.0 Å². The number of carboxylic acid groups (broad SMARTS) is 1. The normalized spacial score (nSPS) is 20.5. The highest BCUT2D eigenvalue weighted by Gasteiger charge is 2.61. The third-order valence-corrected chi connectivity index (χ3v) is 6.02. The molecule has 0 aromatic rings. The highest BCUT2D eigenvalue weighted by Crippen LogP contribution is 2.23. The second-order valence-corrected chi connectivity index (χ2v) is 9.39. The predicted molar refractivity (Wildman–Crippen MR) is 150 cm³/mol. The highest BCUT2D eigenvalue weighted by molar-refractivity contribution is 14.1. The molecular weight excluding hydrogens is 697 g/mol. The van der Waals surface area contributed by atoms with E-state index in [1.807, 2.05) is 44.1 Å². The first kappa shape index (κ1) is 36.8. The smallest absolute Gasteiger partial charge is 0.419 e. The van der Waals surface area contributed by atoms with Crippen molar-refractivity contribution in [2.75, 3.05) is 37.5 Å². The Bertz CT molecular complexity index is 1160. The van der Waals surface area contributed by atoms with E-state index < -0.39 is 85.4 Å². The van der Waals surface area contributed by atoms with Gasteiger partial charge in [-0.05, 0) is 6.42 Å². The Labute approximate surface area is 257 Å². The monoisotopic (exact) mass is 729 g/mol. The summed E-state index contributed by atoms with van der Waals surface area (Å²) in [6.07, 6.45) is 0.888. The number of unbranched alkanes of at least 4 members (excludes halogenated alkanes) is 1. The molecule has 0 aromatic carbocycles. The van der Waals surface area contributed by atoms with Crippen molar-refractivity contribution in [1.82, 2.24) is 47.4 Å². The van der Waals surface area contributed by atoms with E-state index in [-0.39, 0.29) is 0 Å². The minimum Gasteiger partial charge on any atom is -0.464 e. The fourth-order valence-corrected chi connectivity index (χ4v) is 3.47. The van der Waals surface area contributed by atoms with Crippen LogP contribution in [-0.4, -0.2) is 127 Å². The van der Waals surface area contributed by atoms with Crippen LogP contribution in [0.3, 0.4) is 0 Å². The standard InChI is InChI=1S/C13H20N8O10.C8H12INO2/c22-1-11(31,2-23)13(6(26)17-10(30)21-13)20-8(28)15-4-14-7(27)18-12(3-24)5(25)16-9(29)19-12;1-2-3-6-10(8(11)12)7-4-5-9/h22-24,31H,1-4H2,(H2,14,18,27)(H2,15,20,28)(H2,16,19,25,29)(H2,17,21,26,30);2-3,5-6H2,1H3,(H,11,12). The number of nitrogens with zero attached hydrogens (tertiary/aromatic N) is 1. The van der Waals surface area contributed by atoms with Crippen LogP contribution < -0.4 is 42.5 Å². The van der Waals surface area contributed by atoms with E-state index in [1.54, 1.807) is 5.32 Å². The van der Waals surface area contributed by atoms with Gasteiger partial charge in [0.15, 0.2) is 5.60 Å². The van der Waals surface area contributed by atoms with E-state index >= 15 is 0 Å². The summed E-state index contributed by atoms with van der Waals surface area (Å²) in [5.41, 5.74) is -7.47. The summed E-state index contributed by atoms with van der Waals surface area (Å²) in [7, 11) is 0. The quantitative estimate of drug-likeness (QED) is 0.0239. The second kappa shape index (κ2) is 16.5. The second-order valence-electron chi connectivity index (χ2n) is 8.63. The number of hydrogen-bond acceptors (Lipinski definition) is 11. The van der Waals surface area contributed by atoms with E-state index in [1.165, 1.54) is 0 Å². The lowest BCUT2D eigenvalue weighted by molar-refractivity contribution is -0.151. The molecule has 2 fully saturated rings. The van der Waals surface area contributed by atoms with Gasteiger partial charge in [-0.25, -0.2) is 28.9 Å². The largest absolute Gasteiger partial charge is 0.464 e. The zero-order chi connectivity index (χ0) is 32.8. The molecular formula is C21H32IN9O12. The fourth-order valence-electron chi connectivity index (χ4n) is 3.30. The molecule has 2 saturated heterocycles. The molecule has 2 aliphatic rings. The molecule has 43 heavy (non-hydrogen) atoms. The van der Waals surface area contributed by atoms with E-state index in [0.717, 1.165) is 17.7 Å². The number of carbonyl (C=O) groups is 7. The average molecular weight is 729 g/mol. The van der Waals surface area contributed by atoms with Crippen molar-refractivity contribution in [3.63, 3.8) is 0 Å². The van der Waals surface area contributed by atoms with Crippen LogP contribution in [-0.2, 0) is 9.59 Å². The molecule has 2 rings (SSSR count). The first-order valence-electron chi connectivity index (χ1n) is 12.2. The predicted octanol–water partition coefficient (Wildman–Crippen LogP) is -4.52. The number of halogens is 1. The van der Waals surface area contributed by atoms with Gasteiger partial charge in [0, 0.05) is 12.6 Å². The molecule has 0 spiro atoms. The van der Waals surface area contributed by atoms with Crippen LogP contribution in [0.15, 0.2) is 0 Å². The maximum Gasteiger partial charge on any atom is 0.419 e. The number of aliphatic hydroxyl groups is 4. The number of hydrogen-bond donors (Lipinski definition) is 13. The molecule has 11 amide bonds. The Morgan fingerprint density at radius 3 is 1.93 bits per heavy atom. The molecule has 13 N–H and O–H groups in total. The third kappa shape index (κ3) is 9.41. The molecule has 22 heteroatoms. The molecule has 0 aromatic heterocycles. The fraction of sp³-hybridized carbons (Fsp3) is 0.571. The minimum absolute atomic E-state index is 0.509. The van der Waals surface area contributed by atoms with Crippen molar-refractivity contribution in [2.24, 2.45) is 0 Å². The Kier molecular flexibility index (Phi) is 14.1. The molecule has 0 aliphatic carbocycles. The van der Waals surface area contributed by atoms with Crippen LogP contribution in [0.1, 0.15) is 19.8 Å². The maximum atomic E-state index is 12.1. The summed E-state index contributed by atoms with van der Waals surface area (Å²) in [6.45, 7) is -1.59. The Morgan fingerprint density at radius 2 is 1.51 bits per heavy atom. The van der Waals surface area contributed by atoms with Gasteiger partial charge in [0.25, 0.3) is 11.8 Å². The summed E-state index contributed by atoms with van der Waals surface area (Å²) in [5, 5.41) is 62.3. The molecule has 0 saturated carbocycles. The molecule has 2 unspecified atom stereocenters. The van der Waals surface area contributed by atoms with Gasteiger partial charge in [0.05, 0.1) is 30.9 Å². The van der Waals surface area contributed by atoms with Crippen LogP contribution in [0, 0.1) is 12.0 Å². The number of aliphatic hydroxyl groups excluding tert-OH is 3. The number of imide groups is 2. The lowest BCUT2D eigenvalue weighted by Gasteiger charge is -2.39. The van der Waals surface area contributed by atoms with E-state index in [4.69, 9.17) is 5.11 Å². The van der Waals surface area contributed by atoms with Gasteiger partial charge in [-0.1, -0.05) is 41.9 Å². The lowest BCUT2D eigenvalue weighted by atomic mass is 9.88. The summed E-state index contributed by atoms with van der Waals surface area (Å²) in [6, 6.07) is -1.87. The summed E-state index contributed by atoms with van der Waals surface area (Å²) in [4.78, 5) is 82.1. The Balaban J connectivity index is 0.000000650. The topological polar surface area (TPSA) is 320 Å². The van der Waals surface area contributed by atoms with Crippen LogP contribution in [0.5, 0.6) is 0 Å². The summed E-state index contributed by atoms with van der Waals surface area (Å²) < 4.78 is 0.660. The molecule has 2 aliphatic heterocycles. The number of amides is 11. The van der Waals surface area contributed by atoms with E-state index in [2.05, 4.69) is 34.6 Å². The SMILES string of the molecule is CCCCN(C#CCI)C(=O)O.O=C(NCNC(=O)NC1(C(O)(CO)CO)NC(=O)NC1=O)NC1(CO)NC(=O)NC1=O. The minimum atomic E-state index is -2.70. The molecule has 240 valence electrons. The van der Waals surface area contributed by atoms with Gasteiger partial charge >= 0.3 is 30.2 Å². The van der Waals surface area contributed by atoms with Crippen molar-refractivity contribution in [1.29, 1.82) is 0 Å². The zero-order valence-electron chi connectivity index (χ0n) is 22.6. The van der Waals surface area contributed by atoms with Gasteiger partial charge in [-0.15, -0.1) is 0 Å². The van der Waals surface area contributed by atoms with Gasteiger partial charge in [0.2, 0.25) is 11.3 Å². The summed E-state index contributed by atoms with van der Waals surface area (Å²) in [5.74, 6) is 0.410. The lowest BCUT2D eigenvalue weighted by Crippen LogP contribution is -2.77. The van der Waals surface area contributed by atoms with Crippen LogP contribution >= 0.6 is 22.6 Å². The molecule has 2 heterocycles.